The second-order valence-corrected chi connectivity index (χ2v) is 1.86. The van der Waals surface area contributed by atoms with Gasteiger partial charge in [0.25, 0.3) is 5.56 Å². The number of aliphatic hydroxyl groups is 1. The lowest BCUT2D eigenvalue weighted by atomic mass is 10.3. The molecule has 0 unspecified atom stereocenters. The zero-order chi connectivity index (χ0) is 7.56. The second kappa shape index (κ2) is 2.53. The van der Waals surface area contributed by atoms with E-state index in [-0.39, 0.29) is 12.4 Å². The molecule has 0 fully saturated rings. The summed E-state index contributed by atoms with van der Waals surface area (Å²) in [5.74, 6) is -0.336. The number of rotatable bonds is 1. The number of aliphatic hydroxyl groups excluding tert-OH is 1. The van der Waals surface area contributed by atoms with Gasteiger partial charge in [0.2, 0.25) is 0 Å². The lowest BCUT2D eigenvalue weighted by molar-refractivity contribution is 0.276. The fourth-order valence-corrected chi connectivity index (χ4v) is 0.599. The van der Waals surface area contributed by atoms with Gasteiger partial charge in [0.15, 0.2) is 5.75 Å². The Kier molecular flexibility index (Phi) is 1.73. The minimum absolute atomic E-state index is 0.227. The molecule has 54 valence electrons. The summed E-state index contributed by atoms with van der Waals surface area (Å²) in [7, 11) is 0. The molecule has 0 atom stereocenters. The third-order valence-corrected chi connectivity index (χ3v) is 1.12. The van der Waals surface area contributed by atoms with Crippen LogP contribution in [0.1, 0.15) is 5.69 Å². The molecule has 0 aliphatic heterocycles. The minimum atomic E-state index is -0.577. The molecule has 10 heavy (non-hydrogen) atoms. The van der Waals surface area contributed by atoms with Crippen LogP contribution >= 0.6 is 0 Å². The summed E-state index contributed by atoms with van der Waals surface area (Å²) in [5, 5.41) is 17.2. The van der Waals surface area contributed by atoms with Gasteiger partial charge in [-0.2, -0.15) is 0 Å². The van der Waals surface area contributed by atoms with Crippen molar-refractivity contribution in [3.63, 3.8) is 0 Å². The first-order valence-electron chi connectivity index (χ1n) is 2.76. The maximum absolute atomic E-state index is 10.6. The van der Waals surface area contributed by atoms with Crippen LogP contribution in [-0.2, 0) is 6.61 Å². The number of aromatic amines is 1. The molecule has 0 spiro atoms. The predicted octanol–water partition coefficient (Wildman–Crippen LogP) is -0.427. The molecule has 0 bridgehead atoms. The Morgan fingerprint density at radius 3 is 2.70 bits per heavy atom. The van der Waals surface area contributed by atoms with Crippen molar-refractivity contribution < 1.29 is 10.2 Å². The molecule has 0 aromatic carbocycles. The highest BCUT2D eigenvalue weighted by Gasteiger charge is 1.95. The fourth-order valence-electron chi connectivity index (χ4n) is 0.599. The molecule has 0 aliphatic rings. The summed E-state index contributed by atoms with van der Waals surface area (Å²) >= 11 is 0. The second-order valence-electron chi connectivity index (χ2n) is 1.86. The number of nitrogens with one attached hydrogen (secondary N) is 1. The smallest absolute Gasteiger partial charge is 0.290 e. The highest BCUT2D eigenvalue weighted by molar-refractivity contribution is 5.17. The van der Waals surface area contributed by atoms with E-state index in [1.165, 1.54) is 12.1 Å². The molecule has 4 nitrogen and oxygen atoms in total. The van der Waals surface area contributed by atoms with E-state index in [0.29, 0.717) is 5.69 Å². The van der Waals surface area contributed by atoms with Crippen molar-refractivity contribution in [2.24, 2.45) is 0 Å². The Morgan fingerprint density at radius 1 is 1.50 bits per heavy atom. The zero-order valence-corrected chi connectivity index (χ0v) is 5.16. The highest BCUT2D eigenvalue weighted by Crippen LogP contribution is 1.98. The van der Waals surface area contributed by atoms with Crippen LogP contribution in [0.2, 0.25) is 0 Å². The van der Waals surface area contributed by atoms with Crippen LogP contribution in [0.3, 0.4) is 0 Å². The maximum Gasteiger partial charge on any atom is 0.290 e. The molecule has 0 amide bonds. The highest BCUT2D eigenvalue weighted by atomic mass is 16.3. The first-order chi connectivity index (χ1) is 4.74. The molecule has 0 saturated carbocycles. The Balaban J connectivity index is 3.17. The maximum atomic E-state index is 10.6. The quantitative estimate of drug-likeness (QED) is 0.497. The van der Waals surface area contributed by atoms with E-state index in [1.807, 2.05) is 0 Å². The molecular weight excluding hydrogens is 134 g/mol. The lowest BCUT2D eigenvalue weighted by Gasteiger charge is -1.93. The van der Waals surface area contributed by atoms with E-state index in [4.69, 9.17) is 10.2 Å². The van der Waals surface area contributed by atoms with E-state index in [1.54, 1.807) is 0 Å². The van der Waals surface area contributed by atoms with Gasteiger partial charge in [0, 0.05) is 5.69 Å². The van der Waals surface area contributed by atoms with Crippen molar-refractivity contribution in [3.8, 4) is 5.75 Å². The van der Waals surface area contributed by atoms with Gasteiger partial charge in [-0.05, 0) is 12.1 Å². The van der Waals surface area contributed by atoms with Gasteiger partial charge in [0.1, 0.15) is 0 Å². The van der Waals surface area contributed by atoms with Gasteiger partial charge < -0.3 is 15.2 Å². The van der Waals surface area contributed by atoms with Crippen molar-refractivity contribution >= 4 is 0 Å². The molecule has 3 N–H and O–H groups in total. The summed E-state index contributed by atoms with van der Waals surface area (Å²) in [6.45, 7) is -0.227. The summed E-state index contributed by atoms with van der Waals surface area (Å²) in [6, 6.07) is 2.68. The number of aromatic nitrogens is 1. The lowest BCUT2D eigenvalue weighted by Crippen LogP contribution is -2.07. The topological polar surface area (TPSA) is 73.3 Å². The van der Waals surface area contributed by atoms with Gasteiger partial charge in [-0.25, -0.2) is 0 Å². The van der Waals surface area contributed by atoms with Gasteiger partial charge in [-0.1, -0.05) is 0 Å². The average molecular weight is 141 g/mol. The molecule has 4 heteroatoms. The third-order valence-electron chi connectivity index (χ3n) is 1.12. The standard InChI is InChI=1S/C6H7NO3/c8-3-4-1-2-5(9)6(10)7-4/h1-2,8-9H,3H2,(H,7,10). The van der Waals surface area contributed by atoms with Crippen LogP contribution < -0.4 is 5.56 Å². The molecule has 1 heterocycles. The third kappa shape index (κ3) is 1.16. The fraction of sp³-hybridized carbons (Fsp3) is 0.167. The molecule has 1 aromatic rings. The minimum Gasteiger partial charge on any atom is -0.503 e. The monoisotopic (exact) mass is 141 g/mol. The van der Waals surface area contributed by atoms with E-state index in [9.17, 15) is 4.79 Å². The average Bonchev–Trinajstić information content (AvgIpc) is 1.95. The first kappa shape index (κ1) is 6.82. The molecule has 1 rings (SSSR count). The van der Waals surface area contributed by atoms with Crippen molar-refractivity contribution in [2.45, 2.75) is 6.61 Å². The van der Waals surface area contributed by atoms with Crippen LogP contribution in [0.15, 0.2) is 16.9 Å². The molecule has 0 aliphatic carbocycles. The summed E-state index contributed by atoms with van der Waals surface area (Å²) < 4.78 is 0. The van der Waals surface area contributed by atoms with Crippen LogP contribution in [0.5, 0.6) is 5.75 Å². The van der Waals surface area contributed by atoms with E-state index < -0.39 is 5.56 Å². The van der Waals surface area contributed by atoms with E-state index >= 15 is 0 Å². The van der Waals surface area contributed by atoms with Crippen LogP contribution in [0, 0.1) is 0 Å². The number of H-pyrrole nitrogens is 1. The zero-order valence-electron chi connectivity index (χ0n) is 5.16. The molecular formula is C6H7NO3. The van der Waals surface area contributed by atoms with Gasteiger partial charge in [-0.15, -0.1) is 0 Å². The summed E-state index contributed by atoms with van der Waals surface area (Å²) in [6.07, 6.45) is 0. The number of hydrogen-bond acceptors (Lipinski definition) is 3. The van der Waals surface area contributed by atoms with Gasteiger partial charge in [0.05, 0.1) is 6.61 Å². The molecule has 0 saturated heterocycles. The molecule has 0 radical (unpaired) electrons. The van der Waals surface area contributed by atoms with Crippen LogP contribution in [0.25, 0.3) is 0 Å². The first-order valence-corrected chi connectivity index (χ1v) is 2.76. The van der Waals surface area contributed by atoms with Crippen molar-refractivity contribution in [1.29, 1.82) is 0 Å². The Labute approximate surface area is 56.8 Å². The molecule has 1 aromatic heterocycles. The SMILES string of the molecule is O=c1[nH]c(CO)ccc1O. The Hall–Kier alpha value is -1.29. The van der Waals surface area contributed by atoms with Gasteiger partial charge in [-0.3, -0.25) is 4.79 Å². The van der Waals surface area contributed by atoms with Crippen molar-refractivity contribution in [3.05, 3.63) is 28.2 Å². The van der Waals surface area contributed by atoms with Crippen molar-refractivity contribution in [1.82, 2.24) is 4.98 Å². The summed E-state index contributed by atoms with van der Waals surface area (Å²) in [5.41, 5.74) is -0.186. The van der Waals surface area contributed by atoms with Crippen molar-refractivity contribution in [2.75, 3.05) is 0 Å². The normalized spacial score (nSPS) is 9.70. The largest absolute Gasteiger partial charge is 0.503 e. The van der Waals surface area contributed by atoms with E-state index in [2.05, 4.69) is 4.98 Å². The Morgan fingerprint density at radius 2 is 2.20 bits per heavy atom. The van der Waals surface area contributed by atoms with Gasteiger partial charge >= 0.3 is 0 Å². The van der Waals surface area contributed by atoms with E-state index in [0.717, 1.165) is 0 Å². The van der Waals surface area contributed by atoms with Crippen LogP contribution in [0.4, 0.5) is 0 Å². The Bertz CT molecular complexity index is 279. The number of hydrogen-bond donors (Lipinski definition) is 3. The summed E-state index contributed by atoms with van der Waals surface area (Å²) in [4.78, 5) is 12.9. The predicted molar refractivity (Wildman–Crippen MR) is 34.7 cm³/mol. The number of aromatic hydroxyl groups is 1. The number of pyridine rings is 1. The van der Waals surface area contributed by atoms with Crippen LogP contribution in [-0.4, -0.2) is 15.2 Å².